The average Bonchev–Trinajstić information content (AvgIpc) is 2.87. The highest BCUT2D eigenvalue weighted by Crippen LogP contribution is 2.23. The number of aliphatic hydroxyl groups excluding tert-OH is 1. The molecule has 0 saturated heterocycles. The predicted molar refractivity (Wildman–Crippen MR) is 93.0 cm³/mol. The van der Waals surface area contributed by atoms with E-state index >= 15 is 0 Å². The minimum Gasteiger partial charge on any atom is -0.390 e. The molecule has 0 aromatic heterocycles. The van der Waals surface area contributed by atoms with Gasteiger partial charge in [0.15, 0.2) is 9.84 Å². The molecule has 0 radical (unpaired) electrons. The zero-order valence-electron chi connectivity index (χ0n) is 13.8. The van der Waals surface area contributed by atoms with E-state index in [1.165, 1.54) is 24.3 Å². The maximum absolute atomic E-state index is 12.4. The van der Waals surface area contributed by atoms with E-state index in [0.717, 1.165) is 17.0 Å². The average molecular weight is 390 g/mol. The number of hydrogen-bond acceptors (Lipinski definition) is 7. The van der Waals surface area contributed by atoms with Crippen LogP contribution < -0.4 is 0 Å². The minimum absolute atomic E-state index is 0.191. The van der Waals surface area contributed by atoms with Crippen molar-refractivity contribution >= 4 is 27.3 Å². The van der Waals surface area contributed by atoms with Crippen LogP contribution in [-0.2, 0) is 9.84 Å². The summed E-state index contributed by atoms with van der Waals surface area (Å²) in [5.74, 6) is -2.01. The fraction of sp³-hybridized carbons (Fsp3) is 0.176. The summed E-state index contributed by atoms with van der Waals surface area (Å²) in [6, 6.07) is 10.6. The Morgan fingerprint density at radius 3 is 2.19 bits per heavy atom. The molecule has 27 heavy (non-hydrogen) atoms. The number of non-ortho nitro benzene ring substituents is 1. The third kappa shape index (κ3) is 3.57. The number of benzene rings is 2. The van der Waals surface area contributed by atoms with Crippen LogP contribution in [0.2, 0.25) is 0 Å². The second-order valence-electron chi connectivity index (χ2n) is 5.96. The molecule has 0 fully saturated rings. The maximum atomic E-state index is 12.4. The molecule has 1 unspecified atom stereocenters. The monoisotopic (exact) mass is 390 g/mol. The van der Waals surface area contributed by atoms with Crippen molar-refractivity contribution in [1.29, 1.82) is 0 Å². The maximum Gasteiger partial charge on any atom is 0.270 e. The Balaban J connectivity index is 1.75. The quantitative estimate of drug-likeness (QED) is 0.442. The molecule has 2 aromatic carbocycles. The van der Waals surface area contributed by atoms with Gasteiger partial charge in [-0.3, -0.25) is 24.6 Å². The second-order valence-corrected chi connectivity index (χ2v) is 7.99. The highest BCUT2D eigenvalue weighted by molar-refractivity contribution is 7.91. The number of sulfone groups is 1. The van der Waals surface area contributed by atoms with E-state index in [9.17, 15) is 33.2 Å². The topological polar surface area (TPSA) is 135 Å². The molecule has 2 amide bonds. The molecule has 1 atom stereocenters. The van der Waals surface area contributed by atoms with E-state index in [1.807, 2.05) is 0 Å². The van der Waals surface area contributed by atoms with Gasteiger partial charge < -0.3 is 5.11 Å². The van der Waals surface area contributed by atoms with Crippen LogP contribution in [0.4, 0.5) is 5.69 Å². The number of carbonyl (C=O) groups excluding carboxylic acids is 2. The first kappa shape index (κ1) is 18.7. The lowest BCUT2D eigenvalue weighted by atomic mass is 10.1. The Labute approximate surface area is 153 Å². The SMILES string of the molecule is O=C1c2ccccc2C(=O)N1CC(O)CS(=O)(=O)c1cccc([N+](=O)[O-])c1. The Morgan fingerprint density at radius 1 is 1.04 bits per heavy atom. The molecule has 0 spiro atoms. The van der Waals surface area contributed by atoms with Crippen molar-refractivity contribution in [2.75, 3.05) is 12.3 Å². The van der Waals surface area contributed by atoms with E-state index in [1.54, 1.807) is 12.1 Å². The predicted octanol–water partition coefficient (Wildman–Crippen LogP) is 1.03. The molecule has 1 aliphatic heterocycles. The Bertz CT molecular complexity index is 1010. The molecule has 140 valence electrons. The van der Waals surface area contributed by atoms with Gasteiger partial charge in [0.05, 0.1) is 39.3 Å². The lowest BCUT2D eigenvalue weighted by Gasteiger charge is -2.18. The van der Waals surface area contributed by atoms with Gasteiger partial charge in [0.25, 0.3) is 17.5 Å². The number of fused-ring (bicyclic) bond motifs is 1. The number of nitro benzene ring substituents is 1. The molecule has 0 aliphatic carbocycles. The van der Waals surface area contributed by atoms with Gasteiger partial charge in [0.2, 0.25) is 0 Å². The van der Waals surface area contributed by atoms with Crippen LogP contribution in [0.15, 0.2) is 53.4 Å². The number of rotatable bonds is 6. The van der Waals surface area contributed by atoms with Crippen molar-refractivity contribution in [3.63, 3.8) is 0 Å². The normalized spacial score (nSPS) is 14.9. The van der Waals surface area contributed by atoms with Crippen molar-refractivity contribution in [2.45, 2.75) is 11.0 Å². The number of hydrogen-bond donors (Lipinski definition) is 1. The van der Waals surface area contributed by atoms with E-state index in [4.69, 9.17) is 0 Å². The van der Waals surface area contributed by atoms with Gasteiger partial charge in [-0.25, -0.2) is 8.42 Å². The number of amides is 2. The standard InChI is InChI=1S/C17H14N2O7S/c20-12(9-18-16(21)14-6-1-2-7-15(14)17(18)22)10-27(25,26)13-5-3-4-11(8-13)19(23)24/h1-8,12,20H,9-10H2. The van der Waals surface area contributed by atoms with Gasteiger partial charge in [-0.1, -0.05) is 18.2 Å². The number of nitrogens with zero attached hydrogens (tertiary/aromatic N) is 2. The van der Waals surface area contributed by atoms with E-state index in [0.29, 0.717) is 0 Å². The van der Waals surface area contributed by atoms with Gasteiger partial charge >= 0.3 is 0 Å². The summed E-state index contributed by atoms with van der Waals surface area (Å²) in [6.07, 6.45) is -1.54. The first-order valence-electron chi connectivity index (χ1n) is 7.81. The highest BCUT2D eigenvalue weighted by atomic mass is 32.2. The van der Waals surface area contributed by atoms with E-state index in [-0.39, 0.29) is 16.0 Å². The van der Waals surface area contributed by atoms with Crippen LogP contribution in [0.3, 0.4) is 0 Å². The molecular weight excluding hydrogens is 376 g/mol. The molecule has 2 aromatic rings. The number of carbonyl (C=O) groups is 2. The summed E-state index contributed by atoms with van der Waals surface area (Å²) in [7, 11) is -4.06. The zero-order chi connectivity index (χ0) is 19.8. The van der Waals surface area contributed by atoms with Crippen LogP contribution in [-0.4, -0.2) is 53.6 Å². The van der Waals surface area contributed by atoms with Gasteiger partial charge in [-0.05, 0) is 18.2 Å². The number of β-amino-alcohol motifs (C(OH)–C–C–N with tert-alkyl or cyclic N) is 1. The largest absolute Gasteiger partial charge is 0.390 e. The van der Waals surface area contributed by atoms with E-state index < -0.39 is 50.7 Å². The first-order chi connectivity index (χ1) is 12.7. The summed E-state index contributed by atoms with van der Waals surface area (Å²) in [4.78, 5) is 35.1. The third-order valence-electron chi connectivity index (χ3n) is 4.07. The zero-order valence-corrected chi connectivity index (χ0v) is 14.6. The summed E-state index contributed by atoms with van der Waals surface area (Å²) in [6.45, 7) is -0.500. The van der Waals surface area contributed by atoms with Gasteiger partial charge in [0.1, 0.15) is 0 Å². The molecule has 1 aliphatic rings. The fourth-order valence-electron chi connectivity index (χ4n) is 2.81. The summed E-state index contributed by atoms with van der Waals surface area (Å²) >= 11 is 0. The molecule has 9 nitrogen and oxygen atoms in total. The summed E-state index contributed by atoms with van der Waals surface area (Å²) in [5.41, 5.74) is -0.0154. The number of aliphatic hydroxyl groups is 1. The molecule has 3 rings (SSSR count). The van der Waals surface area contributed by atoms with Crippen molar-refractivity contribution in [2.24, 2.45) is 0 Å². The van der Waals surface area contributed by atoms with Crippen molar-refractivity contribution in [3.8, 4) is 0 Å². The van der Waals surface area contributed by atoms with Gasteiger partial charge in [0, 0.05) is 12.1 Å². The smallest absolute Gasteiger partial charge is 0.270 e. The summed E-state index contributed by atoms with van der Waals surface area (Å²) in [5, 5.41) is 20.9. The van der Waals surface area contributed by atoms with Crippen molar-refractivity contribution in [1.82, 2.24) is 4.90 Å². The van der Waals surface area contributed by atoms with Crippen molar-refractivity contribution in [3.05, 3.63) is 69.8 Å². The van der Waals surface area contributed by atoms with Crippen molar-refractivity contribution < 1.29 is 28.0 Å². The summed E-state index contributed by atoms with van der Waals surface area (Å²) < 4.78 is 24.8. The van der Waals surface area contributed by atoms with Gasteiger partial charge in [-0.2, -0.15) is 0 Å². The Kier molecular flexibility index (Phi) is 4.77. The van der Waals surface area contributed by atoms with Crippen LogP contribution in [0.5, 0.6) is 0 Å². The molecule has 1 heterocycles. The third-order valence-corrected chi connectivity index (χ3v) is 5.87. The molecule has 0 saturated carbocycles. The van der Waals surface area contributed by atoms with Crippen LogP contribution in [0.1, 0.15) is 20.7 Å². The molecular formula is C17H14N2O7S. The Morgan fingerprint density at radius 2 is 1.63 bits per heavy atom. The number of imide groups is 1. The molecule has 1 N–H and O–H groups in total. The van der Waals surface area contributed by atoms with Crippen LogP contribution in [0.25, 0.3) is 0 Å². The molecule has 0 bridgehead atoms. The Hall–Kier alpha value is -3.11. The molecule has 10 heteroatoms. The van der Waals surface area contributed by atoms with E-state index in [2.05, 4.69) is 0 Å². The fourth-order valence-corrected chi connectivity index (χ4v) is 4.20. The van der Waals surface area contributed by atoms with Gasteiger partial charge in [-0.15, -0.1) is 0 Å². The van der Waals surface area contributed by atoms with Crippen LogP contribution in [0, 0.1) is 10.1 Å². The first-order valence-corrected chi connectivity index (χ1v) is 9.46. The highest BCUT2D eigenvalue weighted by Gasteiger charge is 2.37. The van der Waals surface area contributed by atoms with Crippen LogP contribution >= 0.6 is 0 Å². The second kappa shape index (κ2) is 6.89. The number of nitro groups is 1. The minimum atomic E-state index is -4.06. The lowest BCUT2D eigenvalue weighted by Crippen LogP contribution is -2.39. The lowest BCUT2D eigenvalue weighted by molar-refractivity contribution is -0.385.